The van der Waals surface area contributed by atoms with Crippen LogP contribution in [0.5, 0.6) is 0 Å². The number of hydrogen-bond donors (Lipinski definition) is 3. The number of para-hydroxylation sites is 1. The maximum absolute atomic E-state index is 10.5. The van der Waals surface area contributed by atoms with Crippen molar-refractivity contribution >= 4 is 28.9 Å². The second-order valence-corrected chi connectivity index (χ2v) is 4.08. The predicted octanol–water partition coefficient (Wildman–Crippen LogP) is 1.63. The Morgan fingerprint density at radius 3 is 2.59 bits per heavy atom. The number of carbonyl (C=O) groups excluding carboxylic acids is 1. The normalized spacial score (nSPS) is 9.65. The molecule has 17 heavy (non-hydrogen) atoms. The van der Waals surface area contributed by atoms with E-state index in [1.807, 2.05) is 30.3 Å². The molecule has 0 heterocycles. The second-order valence-electron chi connectivity index (χ2n) is 3.67. The van der Waals surface area contributed by atoms with Crippen molar-refractivity contribution in [3.8, 4) is 0 Å². The van der Waals surface area contributed by atoms with Gasteiger partial charge in [0.2, 0.25) is 5.91 Å². The summed E-state index contributed by atoms with van der Waals surface area (Å²) < 4.78 is 0. The molecule has 0 unspecified atom stereocenters. The van der Waals surface area contributed by atoms with Crippen molar-refractivity contribution in [1.82, 2.24) is 5.32 Å². The van der Waals surface area contributed by atoms with E-state index in [2.05, 4.69) is 10.6 Å². The highest BCUT2D eigenvalue weighted by atomic mass is 32.1. The van der Waals surface area contributed by atoms with Gasteiger partial charge in [-0.05, 0) is 37.2 Å². The van der Waals surface area contributed by atoms with Crippen LogP contribution in [0.15, 0.2) is 30.3 Å². The Morgan fingerprint density at radius 2 is 1.94 bits per heavy atom. The molecule has 1 rings (SSSR count). The van der Waals surface area contributed by atoms with Gasteiger partial charge in [-0.2, -0.15) is 0 Å². The van der Waals surface area contributed by atoms with E-state index < -0.39 is 0 Å². The summed E-state index contributed by atoms with van der Waals surface area (Å²) in [5.74, 6) is -0.255. The van der Waals surface area contributed by atoms with Gasteiger partial charge in [0.25, 0.3) is 0 Å². The number of nitrogens with two attached hydrogens (primary N) is 1. The molecule has 0 saturated heterocycles. The molecule has 4 N–H and O–H groups in total. The van der Waals surface area contributed by atoms with Gasteiger partial charge in [0.15, 0.2) is 5.11 Å². The van der Waals surface area contributed by atoms with Gasteiger partial charge in [0.05, 0.1) is 0 Å². The number of amides is 1. The molecule has 0 aliphatic carbocycles. The van der Waals surface area contributed by atoms with E-state index in [-0.39, 0.29) is 5.91 Å². The summed E-state index contributed by atoms with van der Waals surface area (Å²) in [6.45, 7) is 0.742. The van der Waals surface area contributed by atoms with Crippen LogP contribution in [-0.4, -0.2) is 17.6 Å². The number of unbranched alkanes of at least 4 members (excludes halogenated alkanes) is 1. The molecule has 0 atom stereocenters. The highest BCUT2D eigenvalue weighted by Crippen LogP contribution is 2.04. The van der Waals surface area contributed by atoms with E-state index in [1.165, 1.54) is 0 Å². The van der Waals surface area contributed by atoms with Crippen molar-refractivity contribution in [2.75, 3.05) is 11.9 Å². The highest BCUT2D eigenvalue weighted by Gasteiger charge is 1.97. The third-order valence-electron chi connectivity index (χ3n) is 2.17. The fraction of sp³-hybridized carbons (Fsp3) is 0.333. The molecule has 4 nitrogen and oxygen atoms in total. The summed E-state index contributed by atoms with van der Waals surface area (Å²) in [7, 11) is 0. The van der Waals surface area contributed by atoms with E-state index in [4.69, 9.17) is 18.0 Å². The number of rotatable bonds is 6. The van der Waals surface area contributed by atoms with Crippen LogP contribution in [0.1, 0.15) is 19.3 Å². The van der Waals surface area contributed by atoms with Crippen LogP contribution in [0, 0.1) is 0 Å². The summed E-state index contributed by atoms with van der Waals surface area (Å²) in [5, 5.41) is 6.74. The first kappa shape index (κ1) is 13.4. The number of primary amides is 1. The molecule has 0 spiro atoms. The zero-order valence-electron chi connectivity index (χ0n) is 9.61. The van der Waals surface area contributed by atoms with Gasteiger partial charge < -0.3 is 16.4 Å². The largest absolute Gasteiger partial charge is 0.370 e. The quantitative estimate of drug-likeness (QED) is 0.531. The van der Waals surface area contributed by atoms with Crippen LogP contribution in [0.25, 0.3) is 0 Å². The molecule has 0 saturated carbocycles. The van der Waals surface area contributed by atoms with Gasteiger partial charge in [-0.25, -0.2) is 0 Å². The lowest BCUT2D eigenvalue weighted by Crippen LogP contribution is -2.29. The van der Waals surface area contributed by atoms with E-state index in [9.17, 15) is 4.79 Å². The SMILES string of the molecule is NC(=O)CCCCNC(=S)Nc1ccccc1. The van der Waals surface area contributed by atoms with Crippen molar-refractivity contribution in [3.63, 3.8) is 0 Å². The minimum absolute atomic E-state index is 0.255. The molecule has 0 fully saturated rings. The second kappa shape index (κ2) is 7.62. The lowest BCUT2D eigenvalue weighted by atomic mass is 10.2. The molecule has 0 aliphatic heterocycles. The average Bonchev–Trinajstić information content (AvgIpc) is 2.29. The molecule has 0 bridgehead atoms. The fourth-order valence-corrected chi connectivity index (χ4v) is 1.54. The van der Waals surface area contributed by atoms with Crippen molar-refractivity contribution in [1.29, 1.82) is 0 Å². The van der Waals surface area contributed by atoms with Crippen LogP contribution in [0.3, 0.4) is 0 Å². The lowest BCUT2D eigenvalue weighted by molar-refractivity contribution is -0.118. The molecular weight excluding hydrogens is 234 g/mol. The zero-order valence-corrected chi connectivity index (χ0v) is 10.4. The summed E-state index contributed by atoms with van der Waals surface area (Å²) >= 11 is 5.12. The maximum atomic E-state index is 10.5. The van der Waals surface area contributed by atoms with Gasteiger partial charge in [-0.1, -0.05) is 18.2 Å². The van der Waals surface area contributed by atoms with Crippen LogP contribution in [0.2, 0.25) is 0 Å². The van der Waals surface area contributed by atoms with E-state index in [0.717, 1.165) is 25.1 Å². The van der Waals surface area contributed by atoms with E-state index >= 15 is 0 Å². The Morgan fingerprint density at radius 1 is 1.24 bits per heavy atom. The number of anilines is 1. The number of benzene rings is 1. The summed E-state index contributed by atoms with van der Waals surface area (Å²) in [6.07, 6.45) is 2.09. The summed E-state index contributed by atoms with van der Waals surface area (Å²) in [4.78, 5) is 10.5. The summed E-state index contributed by atoms with van der Waals surface area (Å²) in [5.41, 5.74) is 6.00. The standard InChI is InChI=1S/C12H17N3OS/c13-11(16)8-4-5-9-14-12(17)15-10-6-2-1-3-7-10/h1-3,6-7H,4-5,8-9H2,(H2,13,16)(H2,14,15,17). The number of carbonyl (C=O) groups is 1. The van der Waals surface area contributed by atoms with Gasteiger partial charge >= 0.3 is 0 Å². The van der Waals surface area contributed by atoms with Crippen molar-refractivity contribution in [2.45, 2.75) is 19.3 Å². The maximum Gasteiger partial charge on any atom is 0.217 e. The monoisotopic (exact) mass is 251 g/mol. The Balaban J connectivity index is 2.12. The van der Waals surface area contributed by atoms with Gasteiger partial charge in [-0.15, -0.1) is 0 Å². The molecule has 0 radical (unpaired) electrons. The van der Waals surface area contributed by atoms with Gasteiger partial charge in [-0.3, -0.25) is 4.79 Å². The molecule has 1 aromatic carbocycles. The minimum Gasteiger partial charge on any atom is -0.370 e. The Hall–Kier alpha value is -1.62. The molecular formula is C12H17N3OS. The fourth-order valence-electron chi connectivity index (χ4n) is 1.32. The topological polar surface area (TPSA) is 67.2 Å². The first-order valence-electron chi connectivity index (χ1n) is 5.56. The van der Waals surface area contributed by atoms with E-state index in [1.54, 1.807) is 0 Å². The number of thiocarbonyl (C=S) groups is 1. The van der Waals surface area contributed by atoms with E-state index in [0.29, 0.717) is 11.5 Å². The third kappa shape index (κ3) is 6.52. The Labute approximate surface area is 107 Å². The zero-order chi connectivity index (χ0) is 12.5. The number of nitrogens with one attached hydrogen (secondary N) is 2. The molecule has 5 heteroatoms. The average molecular weight is 251 g/mol. The molecule has 1 amide bonds. The Kier molecular flexibility index (Phi) is 6.03. The number of hydrogen-bond acceptors (Lipinski definition) is 2. The molecule has 0 aromatic heterocycles. The Bertz CT molecular complexity index is 367. The van der Waals surface area contributed by atoms with Gasteiger partial charge in [0, 0.05) is 18.7 Å². The van der Waals surface area contributed by atoms with Crippen LogP contribution in [0.4, 0.5) is 5.69 Å². The smallest absolute Gasteiger partial charge is 0.217 e. The van der Waals surface area contributed by atoms with Crippen LogP contribution in [-0.2, 0) is 4.79 Å². The molecule has 0 aliphatic rings. The molecule has 1 aromatic rings. The highest BCUT2D eigenvalue weighted by molar-refractivity contribution is 7.80. The third-order valence-corrected chi connectivity index (χ3v) is 2.41. The molecule has 92 valence electrons. The van der Waals surface area contributed by atoms with Gasteiger partial charge in [0.1, 0.15) is 0 Å². The van der Waals surface area contributed by atoms with Crippen LogP contribution < -0.4 is 16.4 Å². The van der Waals surface area contributed by atoms with Crippen molar-refractivity contribution in [3.05, 3.63) is 30.3 Å². The van der Waals surface area contributed by atoms with Crippen molar-refractivity contribution < 1.29 is 4.79 Å². The lowest BCUT2D eigenvalue weighted by Gasteiger charge is -2.09. The first-order chi connectivity index (χ1) is 8.18. The van der Waals surface area contributed by atoms with Crippen molar-refractivity contribution in [2.24, 2.45) is 5.73 Å². The summed E-state index contributed by atoms with van der Waals surface area (Å²) in [6, 6.07) is 9.73. The first-order valence-corrected chi connectivity index (χ1v) is 5.97. The minimum atomic E-state index is -0.255. The van der Waals surface area contributed by atoms with Crippen LogP contribution >= 0.6 is 12.2 Å². The predicted molar refractivity (Wildman–Crippen MR) is 73.7 cm³/mol.